The second-order valence-electron chi connectivity index (χ2n) is 4.34. The molecule has 0 aliphatic heterocycles. The molecule has 0 saturated carbocycles. The van der Waals surface area contributed by atoms with Crippen molar-refractivity contribution in [2.45, 2.75) is 20.8 Å². The lowest BCUT2D eigenvalue weighted by atomic mass is 9.99. The Morgan fingerprint density at radius 2 is 1.78 bits per heavy atom. The molecule has 1 N–H and O–H groups in total. The summed E-state index contributed by atoms with van der Waals surface area (Å²) >= 11 is 3.43. The van der Waals surface area contributed by atoms with E-state index in [4.69, 9.17) is 4.42 Å². The molecule has 4 heteroatoms. The average molecular weight is 309 g/mol. The molecule has 1 aromatic heterocycles. The van der Waals surface area contributed by atoms with Crippen LogP contribution in [0.15, 0.2) is 31.9 Å². The summed E-state index contributed by atoms with van der Waals surface area (Å²) in [5.74, 6) is 0.332. The summed E-state index contributed by atoms with van der Waals surface area (Å²) in [6.07, 6.45) is 0. The molecule has 1 aromatic carbocycles. The van der Waals surface area contributed by atoms with Crippen molar-refractivity contribution < 1.29 is 9.52 Å². The number of benzene rings is 1. The molecule has 0 amide bonds. The molecule has 0 spiro atoms. The maximum absolute atomic E-state index is 11.9. The third kappa shape index (κ3) is 2.20. The summed E-state index contributed by atoms with van der Waals surface area (Å²) in [6.45, 7) is 5.49. The molecule has 0 radical (unpaired) electrons. The third-order valence-electron chi connectivity index (χ3n) is 2.74. The van der Waals surface area contributed by atoms with E-state index in [1.165, 1.54) is 6.07 Å². The van der Waals surface area contributed by atoms with Crippen LogP contribution in [-0.4, -0.2) is 5.11 Å². The van der Waals surface area contributed by atoms with Gasteiger partial charge in [0.1, 0.15) is 17.1 Å². The van der Waals surface area contributed by atoms with E-state index in [9.17, 15) is 9.90 Å². The van der Waals surface area contributed by atoms with E-state index in [-0.39, 0.29) is 11.3 Å². The molecular formula is C14H13BrO3. The van der Waals surface area contributed by atoms with E-state index in [2.05, 4.69) is 15.9 Å². The zero-order valence-electron chi connectivity index (χ0n) is 10.4. The minimum atomic E-state index is -0.528. The maximum Gasteiger partial charge on any atom is 0.347 e. The van der Waals surface area contributed by atoms with Gasteiger partial charge in [0.25, 0.3) is 0 Å². The number of halogens is 1. The van der Waals surface area contributed by atoms with Crippen molar-refractivity contribution in [1.82, 2.24) is 0 Å². The molecule has 1 heterocycles. The number of aryl methyl sites for hydroxylation is 3. The topological polar surface area (TPSA) is 50.4 Å². The summed E-state index contributed by atoms with van der Waals surface area (Å²) in [5, 5.41) is 9.96. The van der Waals surface area contributed by atoms with Crippen LogP contribution in [-0.2, 0) is 0 Å². The van der Waals surface area contributed by atoms with Crippen LogP contribution in [0, 0.1) is 20.8 Å². The third-order valence-corrected chi connectivity index (χ3v) is 3.36. The van der Waals surface area contributed by atoms with Crippen molar-refractivity contribution >= 4 is 15.9 Å². The Morgan fingerprint density at radius 1 is 1.11 bits per heavy atom. The van der Waals surface area contributed by atoms with E-state index in [0.717, 1.165) is 15.6 Å². The maximum atomic E-state index is 11.9. The Bertz CT molecular complexity index is 648. The van der Waals surface area contributed by atoms with Gasteiger partial charge in [-0.15, -0.1) is 0 Å². The molecule has 18 heavy (non-hydrogen) atoms. The normalized spacial score (nSPS) is 10.7. The van der Waals surface area contributed by atoms with E-state index < -0.39 is 5.63 Å². The highest BCUT2D eigenvalue weighted by Gasteiger charge is 2.17. The fraction of sp³-hybridized carbons (Fsp3) is 0.214. The molecule has 0 unspecified atom stereocenters. The minimum absolute atomic E-state index is 0.0589. The van der Waals surface area contributed by atoms with Crippen LogP contribution >= 0.6 is 15.9 Å². The zero-order valence-corrected chi connectivity index (χ0v) is 12.0. The lowest BCUT2D eigenvalue weighted by Crippen LogP contribution is -2.05. The predicted molar refractivity (Wildman–Crippen MR) is 74.0 cm³/mol. The second kappa shape index (κ2) is 4.61. The SMILES string of the molecule is Cc1cc(C)c(-c2c(O)cc(C)oc2=O)c(Br)c1. The first-order valence-electron chi connectivity index (χ1n) is 5.51. The van der Waals surface area contributed by atoms with E-state index in [0.29, 0.717) is 11.3 Å². The van der Waals surface area contributed by atoms with Crippen molar-refractivity contribution in [3.8, 4) is 16.9 Å². The van der Waals surface area contributed by atoms with Crippen LogP contribution in [0.1, 0.15) is 16.9 Å². The summed E-state index contributed by atoms with van der Waals surface area (Å²) in [6, 6.07) is 5.31. The quantitative estimate of drug-likeness (QED) is 0.874. The van der Waals surface area contributed by atoms with Crippen molar-refractivity contribution in [2.75, 3.05) is 0 Å². The molecule has 0 saturated heterocycles. The van der Waals surface area contributed by atoms with Gasteiger partial charge in [-0.2, -0.15) is 0 Å². The van der Waals surface area contributed by atoms with Gasteiger partial charge in [-0.05, 0) is 38.0 Å². The standard InChI is InChI=1S/C14H13BrO3/c1-7-4-8(2)12(10(15)5-7)13-11(16)6-9(3)18-14(13)17/h4-6,16H,1-3H3. The van der Waals surface area contributed by atoms with Gasteiger partial charge >= 0.3 is 5.63 Å². The van der Waals surface area contributed by atoms with Crippen LogP contribution in [0.25, 0.3) is 11.1 Å². The molecule has 0 fully saturated rings. The highest BCUT2D eigenvalue weighted by Crippen LogP contribution is 2.35. The monoisotopic (exact) mass is 308 g/mol. The molecular weight excluding hydrogens is 296 g/mol. The number of aromatic hydroxyl groups is 1. The van der Waals surface area contributed by atoms with Gasteiger partial charge in [-0.25, -0.2) is 4.79 Å². The molecule has 0 bridgehead atoms. The van der Waals surface area contributed by atoms with Gasteiger partial charge in [0.05, 0.1) is 0 Å². The second-order valence-corrected chi connectivity index (χ2v) is 5.20. The van der Waals surface area contributed by atoms with Gasteiger partial charge in [0.2, 0.25) is 0 Å². The summed E-state index contributed by atoms with van der Waals surface area (Å²) in [5.41, 5.74) is 2.34. The molecule has 94 valence electrons. The van der Waals surface area contributed by atoms with Gasteiger partial charge < -0.3 is 9.52 Å². The molecule has 0 aliphatic carbocycles. The molecule has 2 rings (SSSR count). The van der Waals surface area contributed by atoms with Crippen molar-refractivity contribution in [3.05, 3.63) is 50.0 Å². The molecule has 3 nitrogen and oxygen atoms in total. The fourth-order valence-corrected chi connectivity index (χ4v) is 2.93. The largest absolute Gasteiger partial charge is 0.507 e. The average Bonchev–Trinajstić information content (AvgIpc) is 2.20. The first-order valence-corrected chi connectivity index (χ1v) is 6.30. The van der Waals surface area contributed by atoms with Crippen LogP contribution in [0.5, 0.6) is 5.75 Å². The van der Waals surface area contributed by atoms with Crippen LogP contribution in [0.4, 0.5) is 0 Å². The van der Waals surface area contributed by atoms with Crippen LogP contribution in [0.3, 0.4) is 0 Å². The van der Waals surface area contributed by atoms with Crippen molar-refractivity contribution in [3.63, 3.8) is 0 Å². The van der Waals surface area contributed by atoms with Crippen molar-refractivity contribution in [1.29, 1.82) is 0 Å². The Balaban J connectivity index is 2.82. The predicted octanol–water partition coefficient (Wildman–Crippen LogP) is 3.70. The lowest BCUT2D eigenvalue weighted by Gasteiger charge is -2.10. The van der Waals surface area contributed by atoms with Crippen LogP contribution < -0.4 is 5.63 Å². The Hall–Kier alpha value is -1.55. The number of hydrogen-bond acceptors (Lipinski definition) is 3. The van der Waals surface area contributed by atoms with Gasteiger partial charge in [0, 0.05) is 16.1 Å². The highest BCUT2D eigenvalue weighted by molar-refractivity contribution is 9.10. The lowest BCUT2D eigenvalue weighted by molar-refractivity contribution is 0.438. The molecule has 2 aromatic rings. The highest BCUT2D eigenvalue weighted by atomic mass is 79.9. The van der Waals surface area contributed by atoms with E-state index >= 15 is 0 Å². The first kappa shape index (κ1) is 12.9. The summed E-state index contributed by atoms with van der Waals surface area (Å²) in [7, 11) is 0. The number of hydrogen-bond donors (Lipinski definition) is 1. The first-order chi connectivity index (χ1) is 8.40. The Kier molecular flexibility index (Phi) is 3.30. The van der Waals surface area contributed by atoms with Gasteiger partial charge in [0.15, 0.2) is 0 Å². The van der Waals surface area contributed by atoms with Gasteiger partial charge in [-0.3, -0.25) is 0 Å². The zero-order chi connectivity index (χ0) is 13.4. The Labute approximate surface area is 113 Å². The van der Waals surface area contributed by atoms with Crippen LogP contribution in [0.2, 0.25) is 0 Å². The minimum Gasteiger partial charge on any atom is -0.507 e. The summed E-state index contributed by atoms with van der Waals surface area (Å²) < 4.78 is 5.82. The van der Waals surface area contributed by atoms with Gasteiger partial charge in [-0.1, -0.05) is 22.0 Å². The Morgan fingerprint density at radius 3 is 2.33 bits per heavy atom. The van der Waals surface area contributed by atoms with E-state index in [1.54, 1.807) is 6.92 Å². The number of rotatable bonds is 1. The van der Waals surface area contributed by atoms with E-state index in [1.807, 2.05) is 26.0 Å². The molecule has 0 atom stereocenters. The fourth-order valence-electron chi connectivity index (χ4n) is 2.06. The smallest absolute Gasteiger partial charge is 0.347 e. The van der Waals surface area contributed by atoms with Crippen molar-refractivity contribution in [2.24, 2.45) is 0 Å². The molecule has 0 aliphatic rings. The summed E-state index contributed by atoms with van der Waals surface area (Å²) in [4.78, 5) is 11.9.